The Bertz CT molecular complexity index is 2080. The number of rotatable bonds is 5. The molecule has 0 saturated carbocycles. The normalized spacial score (nSPS) is 21.4. The SMILES string of the molecule is CNC(=O)c1ccn(-c2nc(-c3noc4c3CCC[C@@]43CCCc4ccc(N)c(C#N)c43)nc3c2cnn3[C@@H](C)[C@@H]2CCCN2C)n1. The minimum Gasteiger partial charge on any atom is -0.398 e. The van der Waals surface area contributed by atoms with Crippen LogP contribution in [0, 0.1) is 11.3 Å². The number of hydrogen-bond acceptors (Lipinski definition) is 10. The Morgan fingerprint density at radius 1 is 1.19 bits per heavy atom. The molecule has 1 spiro atoms. The van der Waals surface area contributed by atoms with Crippen molar-refractivity contribution in [2.24, 2.45) is 0 Å². The van der Waals surface area contributed by atoms with Crippen molar-refractivity contribution in [1.29, 1.82) is 5.26 Å². The Kier molecular flexibility index (Phi) is 6.87. The van der Waals surface area contributed by atoms with Gasteiger partial charge >= 0.3 is 0 Å². The highest BCUT2D eigenvalue weighted by molar-refractivity contribution is 5.92. The minimum atomic E-state index is -0.493. The van der Waals surface area contributed by atoms with Gasteiger partial charge in [0.15, 0.2) is 34.4 Å². The number of fused-ring (bicyclic) bond motifs is 5. The van der Waals surface area contributed by atoms with Gasteiger partial charge < -0.3 is 20.5 Å². The maximum absolute atomic E-state index is 12.4. The maximum atomic E-state index is 12.4. The van der Waals surface area contributed by atoms with Crippen LogP contribution in [0.25, 0.3) is 28.4 Å². The number of likely N-dealkylation sites (tertiary alicyclic amines) is 1. The molecule has 3 aliphatic rings. The third-order valence-electron chi connectivity index (χ3n) is 10.6. The summed E-state index contributed by atoms with van der Waals surface area (Å²) >= 11 is 0. The first-order valence-corrected chi connectivity index (χ1v) is 16.4. The molecular formula is C34H37N11O2. The van der Waals surface area contributed by atoms with Crippen LogP contribution in [0.15, 0.2) is 35.1 Å². The van der Waals surface area contributed by atoms with E-state index in [0.717, 1.165) is 85.7 Å². The number of nitriles is 1. The van der Waals surface area contributed by atoms with E-state index in [1.54, 1.807) is 30.2 Å². The Balaban J connectivity index is 1.32. The average Bonchev–Trinajstić information content (AvgIpc) is 3.90. The molecule has 5 heterocycles. The highest BCUT2D eigenvalue weighted by Crippen LogP contribution is 2.53. The lowest BCUT2D eigenvalue weighted by molar-refractivity contribution is 0.0957. The zero-order valence-electron chi connectivity index (χ0n) is 26.8. The first-order valence-electron chi connectivity index (χ1n) is 16.4. The molecule has 3 atom stereocenters. The lowest BCUT2D eigenvalue weighted by Gasteiger charge is -2.41. The van der Waals surface area contributed by atoms with Crippen molar-refractivity contribution in [2.45, 2.75) is 75.8 Å². The third kappa shape index (κ3) is 4.38. The topological polar surface area (TPSA) is 170 Å². The summed E-state index contributed by atoms with van der Waals surface area (Å²) in [4.78, 5) is 25.0. The van der Waals surface area contributed by atoms with Crippen molar-refractivity contribution < 1.29 is 9.32 Å². The number of likely N-dealkylation sites (N-methyl/N-ethyl adjacent to an activating group) is 1. The molecule has 5 aromatic rings. The summed E-state index contributed by atoms with van der Waals surface area (Å²) in [7, 11) is 3.73. The molecule has 1 aliphatic heterocycles. The third-order valence-corrected chi connectivity index (χ3v) is 10.6. The predicted molar refractivity (Wildman–Crippen MR) is 174 cm³/mol. The molecule has 0 bridgehead atoms. The number of hydrogen-bond donors (Lipinski definition) is 2. The number of anilines is 1. The van der Waals surface area contributed by atoms with Crippen LogP contribution in [-0.4, -0.2) is 72.2 Å². The number of nitrogens with zero attached hydrogens (tertiary/aromatic N) is 9. The van der Waals surface area contributed by atoms with Gasteiger partial charge in [0.25, 0.3) is 5.91 Å². The second kappa shape index (κ2) is 11.0. The fourth-order valence-electron chi connectivity index (χ4n) is 8.38. The molecule has 3 N–H and O–H groups in total. The molecule has 4 aromatic heterocycles. The summed E-state index contributed by atoms with van der Waals surface area (Å²) in [6.45, 7) is 3.23. The molecule has 8 rings (SSSR count). The van der Waals surface area contributed by atoms with E-state index in [2.05, 4.69) is 46.6 Å². The first-order chi connectivity index (χ1) is 22.8. The number of carbonyl (C=O) groups is 1. The smallest absolute Gasteiger partial charge is 0.271 e. The molecule has 13 heteroatoms. The van der Waals surface area contributed by atoms with Gasteiger partial charge in [-0.3, -0.25) is 4.79 Å². The first kappa shape index (κ1) is 29.3. The van der Waals surface area contributed by atoms with Crippen LogP contribution in [0.5, 0.6) is 0 Å². The molecular weight excluding hydrogens is 594 g/mol. The Morgan fingerprint density at radius 3 is 2.79 bits per heavy atom. The van der Waals surface area contributed by atoms with E-state index >= 15 is 0 Å². The van der Waals surface area contributed by atoms with Crippen molar-refractivity contribution in [3.05, 3.63) is 64.3 Å². The minimum absolute atomic E-state index is 0.0535. The van der Waals surface area contributed by atoms with Crippen LogP contribution in [-0.2, 0) is 18.3 Å². The number of nitrogen functional groups attached to an aromatic ring is 1. The van der Waals surface area contributed by atoms with E-state index < -0.39 is 5.41 Å². The summed E-state index contributed by atoms with van der Waals surface area (Å²) in [5.41, 5.74) is 11.5. The molecule has 47 heavy (non-hydrogen) atoms. The Morgan fingerprint density at radius 2 is 2.02 bits per heavy atom. The van der Waals surface area contributed by atoms with E-state index in [4.69, 9.17) is 25.3 Å². The highest BCUT2D eigenvalue weighted by atomic mass is 16.5. The Hall–Kier alpha value is -5.09. The molecule has 2 aliphatic carbocycles. The standard InChI is InChI=1S/C34H37N11O2/c1-19(26-9-6-15-43(26)3)45-32-23(18-38-45)31(44-16-12-25(41-44)33(46)37-2)39-30(40-32)28-21-8-5-14-34(29(21)47-42-28)13-4-7-20-10-11-24(36)22(17-35)27(20)34/h10-12,16,18-19,26H,4-9,13-15,36H2,1-3H3,(H,37,46)/t19-,26-,34+/m0/s1. The number of nitrogens with two attached hydrogens (primary N) is 1. The predicted octanol–water partition coefficient (Wildman–Crippen LogP) is 4.09. The molecule has 1 aromatic carbocycles. The largest absolute Gasteiger partial charge is 0.398 e. The second-order valence-electron chi connectivity index (χ2n) is 13.2. The van der Waals surface area contributed by atoms with Crippen molar-refractivity contribution in [2.75, 3.05) is 26.4 Å². The number of amides is 1. The lowest BCUT2D eigenvalue weighted by atomic mass is 9.61. The van der Waals surface area contributed by atoms with Gasteiger partial charge in [-0.05, 0) is 95.1 Å². The van der Waals surface area contributed by atoms with E-state index in [9.17, 15) is 10.1 Å². The van der Waals surface area contributed by atoms with Crippen LogP contribution in [0.2, 0.25) is 0 Å². The van der Waals surface area contributed by atoms with E-state index in [-0.39, 0.29) is 17.6 Å². The molecule has 0 radical (unpaired) electrons. The molecule has 1 fully saturated rings. The van der Waals surface area contributed by atoms with Crippen molar-refractivity contribution in [3.63, 3.8) is 0 Å². The number of aryl methyl sites for hydroxylation is 1. The number of benzene rings is 1. The summed E-state index contributed by atoms with van der Waals surface area (Å²) < 4.78 is 9.89. The second-order valence-corrected chi connectivity index (χ2v) is 13.2. The fourth-order valence-corrected chi connectivity index (χ4v) is 8.38. The maximum Gasteiger partial charge on any atom is 0.271 e. The molecule has 13 nitrogen and oxygen atoms in total. The number of carbonyl (C=O) groups excluding carboxylic acids is 1. The Labute approximate surface area is 271 Å². The highest BCUT2D eigenvalue weighted by Gasteiger charge is 2.48. The van der Waals surface area contributed by atoms with Gasteiger partial charge in [-0.25, -0.2) is 19.3 Å². The van der Waals surface area contributed by atoms with Gasteiger partial charge in [-0.2, -0.15) is 15.5 Å². The average molecular weight is 632 g/mol. The van der Waals surface area contributed by atoms with Gasteiger partial charge in [0.1, 0.15) is 6.07 Å². The van der Waals surface area contributed by atoms with Crippen molar-refractivity contribution in [1.82, 2.24) is 44.9 Å². The van der Waals surface area contributed by atoms with Gasteiger partial charge in [0.2, 0.25) is 0 Å². The number of nitrogens with one attached hydrogen (secondary N) is 1. The molecule has 240 valence electrons. The zero-order chi connectivity index (χ0) is 32.4. The zero-order valence-corrected chi connectivity index (χ0v) is 26.8. The van der Waals surface area contributed by atoms with E-state index in [1.807, 2.05) is 10.7 Å². The van der Waals surface area contributed by atoms with Crippen LogP contribution < -0.4 is 11.1 Å². The summed E-state index contributed by atoms with van der Waals surface area (Å²) in [5, 5.41) is 27.6. The fraction of sp³-hybridized carbons (Fsp3) is 0.441. The molecule has 1 amide bonds. The number of aromatic nitrogens is 7. The van der Waals surface area contributed by atoms with E-state index in [1.165, 1.54) is 0 Å². The summed E-state index contributed by atoms with van der Waals surface area (Å²) in [6, 6.07) is 8.33. The van der Waals surface area contributed by atoms with Crippen molar-refractivity contribution >= 4 is 22.6 Å². The molecule has 0 unspecified atom stereocenters. The van der Waals surface area contributed by atoms with Crippen LogP contribution in [0.4, 0.5) is 5.69 Å². The van der Waals surface area contributed by atoms with Crippen LogP contribution in [0.1, 0.15) is 90.0 Å². The molecule has 1 saturated heterocycles. The van der Waals surface area contributed by atoms with Gasteiger partial charge in [0.05, 0.1) is 28.6 Å². The quantitative estimate of drug-likeness (QED) is 0.269. The van der Waals surface area contributed by atoms with Crippen LogP contribution in [0.3, 0.4) is 0 Å². The van der Waals surface area contributed by atoms with Gasteiger partial charge in [-0.15, -0.1) is 0 Å². The summed E-state index contributed by atoms with van der Waals surface area (Å²) in [5.74, 6) is 1.40. The van der Waals surface area contributed by atoms with E-state index in [0.29, 0.717) is 40.3 Å². The monoisotopic (exact) mass is 631 g/mol. The van der Waals surface area contributed by atoms with Crippen LogP contribution >= 0.6 is 0 Å². The van der Waals surface area contributed by atoms with Gasteiger partial charge in [0, 0.05) is 30.5 Å². The summed E-state index contributed by atoms with van der Waals surface area (Å²) in [6.07, 6.45) is 10.9. The van der Waals surface area contributed by atoms with Gasteiger partial charge in [-0.1, -0.05) is 11.2 Å². The lowest BCUT2D eigenvalue weighted by Crippen LogP contribution is -2.36. The van der Waals surface area contributed by atoms with Crippen molar-refractivity contribution in [3.8, 4) is 23.4 Å².